The molecule has 0 aliphatic heterocycles. The largest absolute Gasteiger partial charge is 0.493 e. The molecule has 28 heavy (non-hydrogen) atoms. The molecule has 0 bridgehead atoms. The van der Waals surface area contributed by atoms with Crippen molar-refractivity contribution in [2.24, 2.45) is 5.73 Å². The minimum Gasteiger partial charge on any atom is -0.493 e. The van der Waals surface area contributed by atoms with Crippen LogP contribution in [0, 0.1) is 0 Å². The monoisotopic (exact) mass is 386 g/mol. The summed E-state index contributed by atoms with van der Waals surface area (Å²) in [7, 11) is 4.73. The van der Waals surface area contributed by atoms with Crippen LogP contribution in [0.25, 0.3) is 11.1 Å². The molecule has 4 N–H and O–H groups in total. The highest BCUT2D eigenvalue weighted by Crippen LogP contribution is 2.49. The van der Waals surface area contributed by atoms with Gasteiger partial charge in [0.05, 0.1) is 33.6 Å². The van der Waals surface area contributed by atoms with E-state index in [0.717, 1.165) is 28.7 Å². The zero-order chi connectivity index (χ0) is 20.3. The average molecular weight is 386 g/mol. The molecule has 0 heterocycles. The second-order valence-corrected chi connectivity index (χ2v) is 6.60. The van der Waals surface area contributed by atoms with Crippen molar-refractivity contribution >= 4 is 5.69 Å². The van der Waals surface area contributed by atoms with Crippen molar-refractivity contribution in [2.75, 3.05) is 39.8 Å². The molecule has 1 atom stereocenters. The van der Waals surface area contributed by atoms with Crippen molar-refractivity contribution < 1.29 is 19.3 Å². The van der Waals surface area contributed by atoms with E-state index in [1.165, 1.54) is 0 Å². The number of benzene rings is 1. The Labute approximate surface area is 164 Å². The normalized spacial score (nSPS) is 15.1. The van der Waals surface area contributed by atoms with Crippen molar-refractivity contribution in [3.8, 4) is 28.4 Å². The van der Waals surface area contributed by atoms with E-state index >= 15 is 0 Å². The molecule has 0 amide bonds. The van der Waals surface area contributed by atoms with Gasteiger partial charge < -0.3 is 30.4 Å². The van der Waals surface area contributed by atoms with Gasteiger partial charge in [-0.1, -0.05) is 6.07 Å². The van der Waals surface area contributed by atoms with Gasteiger partial charge in [0.1, 0.15) is 0 Å². The van der Waals surface area contributed by atoms with Gasteiger partial charge in [0.25, 0.3) is 0 Å². The lowest BCUT2D eigenvalue weighted by atomic mass is 9.95. The number of aliphatic hydroxyl groups excluding tert-OH is 1. The molecule has 1 aliphatic rings. The molecule has 0 spiro atoms. The van der Waals surface area contributed by atoms with Gasteiger partial charge in [-0.15, -0.1) is 0 Å². The first-order valence-corrected chi connectivity index (χ1v) is 9.16. The molecule has 0 unspecified atom stereocenters. The van der Waals surface area contributed by atoms with Crippen LogP contribution in [0.1, 0.15) is 23.6 Å². The third-order valence-corrected chi connectivity index (χ3v) is 5.01. The van der Waals surface area contributed by atoms with Crippen molar-refractivity contribution in [1.29, 1.82) is 0 Å². The van der Waals surface area contributed by atoms with Gasteiger partial charge >= 0.3 is 0 Å². The average Bonchev–Trinajstić information content (AvgIpc) is 2.94. The number of aliphatic hydroxyl groups is 1. The number of fused-ring (bicyclic) bond motifs is 3. The number of hydrogen-bond acceptors (Lipinski definition) is 7. The van der Waals surface area contributed by atoms with Gasteiger partial charge in [-0.2, -0.15) is 0 Å². The van der Waals surface area contributed by atoms with E-state index in [1.807, 2.05) is 12.1 Å². The minimum atomic E-state index is -0.296. The summed E-state index contributed by atoms with van der Waals surface area (Å²) >= 11 is 0. The maximum Gasteiger partial charge on any atom is 0.203 e. The lowest BCUT2D eigenvalue weighted by molar-refractivity contribution is 0.311. The van der Waals surface area contributed by atoms with Crippen molar-refractivity contribution in [3.63, 3.8) is 0 Å². The van der Waals surface area contributed by atoms with Crippen LogP contribution in [0.3, 0.4) is 0 Å². The zero-order valence-electron chi connectivity index (χ0n) is 16.4. The third-order valence-electron chi connectivity index (χ3n) is 5.01. The summed E-state index contributed by atoms with van der Waals surface area (Å²) in [6.07, 6.45) is 1.40. The van der Waals surface area contributed by atoms with E-state index in [4.69, 9.17) is 25.1 Å². The maximum atomic E-state index is 12.7. The Morgan fingerprint density at radius 2 is 1.89 bits per heavy atom. The van der Waals surface area contributed by atoms with Crippen molar-refractivity contribution in [2.45, 2.75) is 18.9 Å². The van der Waals surface area contributed by atoms with Crippen LogP contribution in [0.15, 0.2) is 29.1 Å². The Balaban J connectivity index is 2.34. The van der Waals surface area contributed by atoms with Gasteiger partial charge in [0.15, 0.2) is 11.5 Å². The fourth-order valence-electron chi connectivity index (χ4n) is 3.68. The lowest BCUT2D eigenvalue weighted by Crippen LogP contribution is -2.14. The summed E-state index contributed by atoms with van der Waals surface area (Å²) in [5.41, 5.74) is 10.1. The summed E-state index contributed by atoms with van der Waals surface area (Å²) in [6, 6.07) is 6.80. The third kappa shape index (κ3) is 3.50. The zero-order valence-corrected chi connectivity index (χ0v) is 16.4. The highest BCUT2D eigenvalue weighted by molar-refractivity contribution is 5.82. The molecule has 1 aliphatic carbocycles. The highest BCUT2D eigenvalue weighted by Gasteiger charge is 2.27. The molecule has 7 heteroatoms. The molecular formula is C21H26N2O5. The summed E-state index contributed by atoms with van der Waals surface area (Å²) in [6.45, 7) is 0.228. The number of nitrogens with two attached hydrogens (primary N) is 1. The predicted octanol–water partition coefficient (Wildman–Crippen LogP) is 2.09. The van der Waals surface area contributed by atoms with E-state index < -0.39 is 0 Å². The quantitative estimate of drug-likeness (QED) is 0.698. The lowest BCUT2D eigenvalue weighted by Gasteiger charge is -2.19. The second kappa shape index (κ2) is 8.50. The first-order chi connectivity index (χ1) is 13.5. The van der Waals surface area contributed by atoms with Gasteiger partial charge in [-0.05, 0) is 47.7 Å². The van der Waals surface area contributed by atoms with E-state index in [1.54, 1.807) is 33.5 Å². The fourth-order valence-corrected chi connectivity index (χ4v) is 3.68. The number of aryl methyl sites for hydroxylation is 1. The maximum absolute atomic E-state index is 12.7. The molecule has 0 aromatic heterocycles. The minimum absolute atomic E-state index is 0.0646. The molecule has 0 fully saturated rings. The summed E-state index contributed by atoms with van der Waals surface area (Å²) < 4.78 is 16.7. The van der Waals surface area contributed by atoms with Crippen molar-refractivity contribution in [1.82, 2.24) is 0 Å². The molecule has 0 radical (unpaired) electrons. The van der Waals surface area contributed by atoms with Crippen LogP contribution < -0.4 is 30.7 Å². The Morgan fingerprint density at radius 3 is 2.54 bits per heavy atom. The van der Waals surface area contributed by atoms with E-state index in [9.17, 15) is 4.79 Å². The van der Waals surface area contributed by atoms with Gasteiger partial charge in [0.2, 0.25) is 11.2 Å². The number of hydrogen-bond donors (Lipinski definition) is 3. The van der Waals surface area contributed by atoms with E-state index in [0.29, 0.717) is 35.9 Å². The standard InChI is InChI=1S/C21H26N2O5/c1-26-18-10-12-4-6-15(22)14-11-17(25)16(23-8-9-24)7-5-13(14)19(12)21(28-3)20(18)27-2/h5,7,10-11,15,24H,4,6,8-9,22H2,1-3H3,(H,23,25)/t15-/m1/s1. The van der Waals surface area contributed by atoms with Gasteiger partial charge in [-0.25, -0.2) is 0 Å². The van der Waals surface area contributed by atoms with E-state index in [-0.39, 0.29) is 18.1 Å². The predicted molar refractivity (Wildman–Crippen MR) is 109 cm³/mol. The molecule has 0 saturated heterocycles. The first kappa shape index (κ1) is 20.0. The number of methoxy groups -OCH3 is 3. The molecule has 2 aromatic carbocycles. The van der Waals surface area contributed by atoms with Gasteiger partial charge in [0, 0.05) is 18.2 Å². The molecule has 2 aromatic rings. The molecule has 0 saturated carbocycles. The van der Waals surface area contributed by atoms with Gasteiger partial charge in [-0.3, -0.25) is 4.79 Å². The van der Waals surface area contributed by atoms with Crippen LogP contribution in [0.2, 0.25) is 0 Å². The van der Waals surface area contributed by atoms with E-state index in [2.05, 4.69) is 5.32 Å². The summed E-state index contributed by atoms with van der Waals surface area (Å²) in [5.74, 6) is 1.64. The summed E-state index contributed by atoms with van der Waals surface area (Å²) in [5, 5.41) is 12.0. The molecular weight excluding hydrogens is 360 g/mol. The number of ether oxygens (including phenoxy) is 3. The van der Waals surface area contributed by atoms with Crippen LogP contribution in [-0.4, -0.2) is 39.6 Å². The van der Waals surface area contributed by atoms with Crippen LogP contribution >= 0.6 is 0 Å². The second-order valence-electron chi connectivity index (χ2n) is 6.60. The smallest absolute Gasteiger partial charge is 0.203 e. The number of rotatable bonds is 6. The number of nitrogens with one attached hydrogen (secondary N) is 1. The molecule has 150 valence electrons. The number of anilines is 1. The van der Waals surface area contributed by atoms with Crippen molar-refractivity contribution in [3.05, 3.63) is 45.6 Å². The Kier molecular flexibility index (Phi) is 6.06. The highest BCUT2D eigenvalue weighted by atomic mass is 16.5. The SMILES string of the molecule is COc1cc2c(c(OC)c1OC)-c1ccc(NCCO)c(=O)cc1[C@H](N)CC2. The van der Waals surface area contributed by atoms with Crippen LogP contribution in [0.5, 0.6) is 17.2 Å². The Bertz CT molecular complexity index is 929. The molecule has 3 rings (SSSR count). The van der Waals surface area contributed by atoms with Crippen LogP contribution in [0.4, 0.5) is 5.69 Å². The Morgan fingerprint density at radius 1 is 1.14 bits per heavy atom. The van der Waals surface area contributed by atoms with Crippen LogP contribution in [-0.2, 0) is 6.42 Å². The fraction of sp³-hybridized carbons (Fsp3) is 0.381. The molecule has 7 nitrogen and oxygen atoms in total. The topological polar surface area (TPSA) is 103 Å². The Hall–Kier alpha value is -2.77. The summed E-state index contributed by atoms with van der Waals surface area (Å²) in [4.78, 5) is 12.7. The first-order valence-electron chi connectivity index (χ1n) is 9.16.